The number of rotatable bonds is 9. The van der Waals surface area contributed by atoms with Crippen molar-refractivity contribution in [3.63, 3.8) is 0 Å². The molecule has 3 N–H and O–H groups in total. The van der Waals surface area contributed by atoms with Crippen molar-refractivity contribution < 1.29 is 14.4 Å². The van der Waals surface area contributed by atoms with E-state index in [2.05, 4.69) is 10.6 Å². The Morgan fingerprint density at radius 3 is 2.55 bits per heavy atom. The number of nitro groups is 1. The minimum absolute atomic E-state index is 0.0344. The van der Waals surface area contributed by atoms with Crippen molar-refractivity contribution in [2.24, 2.45) is 0 Å². The lowest BCUT2D eigenvalue weighted by molar-refractivity contribution is -0.384. The van der Waals surface area contributed by atoms with Gasteiger partial charge in [0.05, 0.1) is 28.3 Å². The average molecular weight is 416 g/mol. The Hall–Kier alpha value is -2.87. The predicted molar refractivity (Wildman–Crippen MR) is 113 cm³/mol. The van der Waals surface area contributed by atoms with Crippen molar-refractivity contribution in [1.29, 1.82) is 0 Å². The summed E-state index contributed by atoms with van der Waals surface area (Å²) >= 11 is 6.05. The van der Waals surface area contributed by atoms with Crippen LogP contribution in [0.15, 0.2) is 59.0 Å². The fourth-order valence-corrected chi connectivity index (χ4v) is 3.05. The molecule has 2 aromatic carbocycles. The van der Waals surface area contributed by atoms with Crippen molar-refractivity contribution >= 4 is 23.0 Å². The molecule has 1 aromatic heterocycles. The normalized spacial score (nSPS) is 12.0. The number of anilines is 1. The van der Waals surface area contributed by atoms with Gasteiger partial charge in [0.1, 0.15) is 11.5 Å². The smallest absolute Gasteiger partial charge is 0.271 e. The van der Waals surface area contributed by atoms with Crippen molar-refractivity contribution in [3.05, 3.63) is 81.1 Å². The summed E-state index contributed by atoms with van der Waals surface area (Å²) in [5.74, 6) is 1.59. The molecule has 7 nitrogen and oxygen atoms in total. The van der Waals surface area contributed by atoms with E-state index in [1.165, 1.54) is 12.1 Å². The molecule has 0 saturated heterocycles. The van der Waals surface area contributed by atoms with Crippen LogP contribution in [0.2, 0.25) is 5.02 Å². The first-order valence-corrected chi connectivity index (χ1v) is 9.57. The third-order valence-corrected chi connectivity index (χ3v) is 4.73. The van der Waals surface area contributed by atoms with E-state index in [4.69, 9.17) is 16.0 Å². The zero-order valence-electron chi connectivity index (χ0n) is 15.9. The van der Waals surface area contributed by atoms with Gasteiger partial charge in [0, 0.05) is 30.8 Å². The number of nitro benzene ring substituents is 1. The molecular formula is C21H22ClN3O4. The molecular weight excluding hydrogens is 394 g/mol. The SMILES string of the molecule is CC(O)c1ccc(-c2ccc(CNCCNc3ccc([N+](=O)[O-])cc3Cl)o2)cc1. The van der Waals surface area contributed by atoms with Crippen LogP contribution in [0.5, 0.6) is 0 Å². The molecule has 0 aliphatic carbocycles. The van der Waals surface area contributed by atoms with Gasteiger partial charge in [-0.3, -0.25) is 10.1 Å². The number of nitrogens with zero attached hydrogens (tertiary/aromatic N) is 1. The summed E-state index contributed by atoms with van der Waals surface area (Å²) in [6.07, 6.45) is -0.491. The number of nitrogens with one attached hydrogen (secondary N) is 2. The standard InChI is InChI=1S/C21H22ClN3O4/c1-14(26)15-2-4-16(5-3-15)21-9-7-18(29-21)13-23-10-11-24-20-8-6-17(25(27)28)12-19(20)22/h2-9,12,14,23-24,26H,10-11,13H2,1H3. The maximum absolute atomic E-state index is 10.7. The highest BCUT2D eigenvalue weighted by molar-refractivity contribution is 6.33. The van der Waals surface area contributed by atoms with Gasteiger partial charge in [-0.05, 0) is 30.7 Å². The van der Waals surface area contributed by atoms with Crippen molar-refractivity contribution in [3.8, 4) is 11.3 Å². The van der Waals surface area contributed by atoms with Crippen LogP contribution in [0, 0.1) is 10.1 Å². The summed E-state index contributed by atoms with van der Waals surface area (Å²) in [6, 6.07) is 15.8. The van der Waals surface area contributed by atoms with Crippen LogP contribution in [0.1, 0.15) is 24.4 Å². The Morgan fingerprint density at radius 2 is 1.90 bits per heavy atom. The van der Waals surface area contributed by atoms with E-state index >= 15 is 0 Å². The molecule has 0 radical (unpaired) electrons. The highest BCUT2D eigenvalue weighted by Gasteiger charge is 2.09. The molecule has 8 heteroatoms. The quantitative estimate of drug-likeness (QED) is 0.264. The Balaban J connectivity index is 1.45. The molecule has 152 valence electrons. The van der Waals surface area contributed by atoms with Crippen molar-refractivity contribution in [2.45, 2.75) is 19.6 Å². The fourth-order valence-electron chi connectivity index (χ4n) is 2.81. The number of benzene rings is 2. The molecule has 3 rings (SSSR count). The van der Waals surface area contributed by atoms with Crippen LogP contribution < -0.4 is 10.6 Å². The van der Waals surface area contributed by atoms with E-state index in [0.717, 1.165) is 22.6 Å². The molecule has 1 heterocycles. The second-order valence-corrected chi connectivity index (χ2v) is 7.00. The van der Waals surface area contributed by atoms with Gasteiger partial charge in [-0.25, -0.2) is 0 Å². The van der Waals surface area contributed by atoms with Gasteiger partial charge in [0.2, 0.25) is 0 Å². The molecule has 1 unspecified atom stereocenters. The number of furan rings is 1. The van der Waals surface area contributed by atoms with Crippen LogP contribution in [-0.4, -0.2) is 23.1 Å². The van der Waals surface area contributed by atoms with E-state index in [9.17, 15) is 15.2 Å². The first-order valence-electron chi connectivity index (χ1n) is 9.19. The average Bonchev–Trinajstić information content (AvgIpc) is 3.17. The van der Waals surface area contributed by atoms with E-state index in [1.807, 2.05) is 36.4 Å². The third kappa shape index (κ3) is 5.57. The molecule has 1 atom stereocenters. The molecule has 3 aromatic rings. The van der Waals surface area contributed by atoms with Crippen LogP contribution in [0.4, 0.5) is 11.4 Å². The molecule has 29 heavy (non-hydrogen) atoms. The predicted octanol–water partition coefficient (Wildman–Crippen LogP) is 4.76. The lowest BCUT2D eigenvalue weighted by Crippen LogP contribution is -2.21. The van der Waals surface area contributed by atoms with Crippen LogP contribution in [0.3, 0.4) is 0 Å². The van der Waals surface area contributed by atoms with Gasteiger partial charge in [-0.1, -0.05) is 35.9 Å². The summed E-state index contributed by atoms with van der Waals surface area (Å²) in [7, 11) is 0. The number of hydrogen-bond acceptors (Lipinski definition) is 6. The van der Waals surface area contributed by atoms with Crippen LogP contribution in [0.25, 0.3) is 11.3 Å². The van der Waals surface area contributed by atoms with Gasteiger partial charge in [-0.15, -0.1) is 0 Å². The Labute approximate surface area is 173 Å². The summed E-state index contributed by atoms with van der Waals surface area (Å²) < 4.78 is 5.86. The van der Waals surface area contributed by atoms with Gasteiger partial charge in [-0.2, -0.15) is 0 Å². The summed E-state index contributed by atoms with van der Waals surface area (Å²) in [5.41, 5.74) is 2.44. The van der Waals surface area contributed by atoms with Gasteiger partial charge < -0.3 is 20.2 Å². The molecule has 0 aliphatic heterocycles. The van der Waals surface area contributed by atoms with E-state index < -0.39 is 11.0 Å². The number of non-ortho nitro benzene ring substituents is 1. The largest absolute Gasteiger partial charge is 0.460 e. The summed E-state index contributed by atoms with van der Waals surface area (Å²) in [5, 5.41) is 27.0. The molecule has 0 amide bonds. The minimum atomic E-state index is -0.491. The Kier molecular flexibility index (Phi) is 6.87. The van der Waals surface area contributed by atoms with Crippen molar-refractivity contribution in [2.75, 3.05) is 18.4 Å². The highest BCUT2D eigenvalue weighted by atomic mass is 35.5. The molecule has 0 fully saturated rings. The zero-order chi connectivity index (χ0) is 20.8. The molecule has 0 saturated carbocycles. The highest BCUT2D eigenvalue weighted by Crippen LogP contribution is 2.26. The first kappa shape index (κ1) is 20.9. The van der Waals surface area contributed by atoms with E-state index in [-0.39, 0.29) is 5.69 Å². The lowest BCUT2D eigenvalue weighted by Gasteiger charge is -2.08. The second-order valence-electron chi connectivity index (χ2n) is 6.59. The third-order valence-electron chi connectivity index (χ3n) is 4.42. The first-order chi connectivity index (χ1) is 13.9. The maximum Gasteiger partial charge on any atom is 0.271 e. The Morgan fingerprint density at radius 1 is 1.14 bits per heavy atom. The van der Waals surface area contributed by atoms with Crippen LogP contribution in [-0.2, 0) is 6.54 Å². The van der Waals surface area contributed by atoms with E-state index in [1.54, 1.807) is 13.0 Å². The number of aliphatic hydroxyl groups excluding tert-OH is 1. The fraction of sp³-hybridized carbons (Fsp3) is 0.238. The lowest BCUT2D eigenvalue weighted by atomic mass is 10.1. The topological polar surface area (TPSA) is 101 Å². The van der Waals surface area contributed by atoms with Crippen molar-refractivity contribution in [1.82, 2.24) is 5.32 Å². The molecule has 0 bridgehead atoms. The minimum Gasteiger partial charge on any atom is -0.460 e. The number of aliphatic hydroxyl groups is 1. The number of halogens is 1. The van der Waals surface area contributed by atoms with Gasteiger partial charge in [0.15, 0.2) is 0 Å². The summed E-state index contributed by atoms with van der Waals surface area (Å²) in [4.78, 5) is 10.3. The Bertz CT molecular complexity index is 970. The van der Waals surface area contributed by atoms with Gasteiger partial charge >= 0.3 is 0 Å². The van der Waals surface area contributed by atoms with Gasteiger partial charge in [0.25, 0.3) is 5.69 Å². The zero-order valence-corrected chi connectivity index (χ0v) is 16.6. The molecule has 0 spiro atoms. The molecule has 0 aliphatic rings. The maximum atomic E-state index is 10.7. The number of hydrogen-bond donors (Lipinski definition) is 3. The monoisotopic (exact) mass is 415 g/mol. The second kappa shape index (κ2) is 9.56. The van der Waals surface area contributed by atoms with E-state index in [0.29, 0.717) is 30.3 Å². The van der Waals surface area contributed by atoms with Crippen LogP contribution >= 0.6 is 11.6 Å². The summed E-state index contributed by atoms with van der Waals surface area (Å²) in [6.45, 7) is 3.57.